The average molecular weight is 421 g/mol. The zero-order valence-corrected chi connectivity index (χ0v) is 17.0. The topological polar surface area (TPSA) is 73.3 Å². The number of carboxylic acid groups (broad SMARTS) is 1. The third-order valence-electron chi connectivity index (χ3n) is 4.78. The van der Waals surface area contributed by atoms with Gasteiger partial charge in [0.15, 0.2) is 10.9 Å². The Morgan fingerprint density at radius 3 is 2.47 bits per heavy atom. The van der Waals surface area contributed by atoms with E-state index in [0.717, 1.165) is 11.4 Å². The molecule has 0 unspecified atom stereocenters. The summed E-state index contributed by atoms with van der Waals surface area (Å²) in [6.45, 7) is 2.25. The molecule has 0 aromatic heterocycles. The minimum absolute atomic E-state index is 0.126. The Kier molecular flexibility index (Phi) is 5.24. The van der Waals surface area contributed by atoms with Crippen LogP contribution < -0.4 is 14.5 Å². The fourth-order valence-corrected chi connectivity index (χ4v) is 3.80. The van der Waals surface area contributed by atoms with Gasteiger partial charge in [-0.1, -0.05) is 30.3 Å². The van der Waals surface area contributed by atoms with Gasteiger partial charge in [0, 0.05) is 12.6 Å². The van der Waals surface area contributed by atoms with E-state index in [0.29, 0.717) is 18.1 Å². The quantitative estimate of drug-likeness (QED) is 0.586. The number of para-hydroxylation sites is 3. The van der Waals surface area contributed by atoms with E-state index in [9.17, 15) is 14.7 Å². The molecule has 1 amide bonds. The summed E-state index contributed by atoms with van der Waals surface area (Å²) in [6, 6.07) is 16.6. The van der Waals surface area contributed by atoms with Gasteiger partial charge in [-0.15, -0.1) is 0 Å². The van der Waals surface area contributed by atoms with E-state index in [4.69, 9.17) is 17.0 Å². The van der Waals surface area contributed by atoms with Gasteiger partial charge in [0.1, 0.15) is 12.2 Å². The molecule has 2 aromatic rings. The van der Waals surface area contributed by atoms with Crippen LogP contribution in [0.4, 0.5) is 11.4 Å². The van der Waals surface area contributed by atoms with Crippen molar-refractivity contribution in [2.45, 2.75) is 6.92 Å². The van der Waals surface area contributed by atoms with Crippen LogP contribution in [-0.2, 0) is 9.59 Å². The number of aliphatic carboxylic acids is 1. The lowest BCUT2D eigenvalue weighted by molar-refractivity contribution is -0.137. The van der Waals surface area contributed by atoms with Crippen molar-refractivity contribution < 1.29 is 19.4 Å². The highest BCUT2D eigenvalue weighted by Gasteiger charge is 2.39. The number of carbonyl (C=O) groups excluding carboxylic acids is 1. The summed E-state index contributed by atoms with van der Waals surface area (Å²) in [5, 5.41) is 9.45. The average Bonchev–Trinajstić information content (AvgIpc) is 3.21. The number of amides is 1. The van der Waals surface area contributed by atoms with Crippen LogP contribution >= 0.6 is 12.2 Å². The van der Waals surface area contributed by atoms with E-state index in [1.165, 1.54) is 9.80 Å². The minimum atomic E-state index is -1.08. The zero-order chi connectivity index (χ0) is 21.3. The number of carbonyl (C=O) groups is 2. The predicted octanol–water partition coefficient (Wildman–Crippen LogP) is 3.35. The summed E-state index contributed by atoms with van der Waals surface area (Å²) in [4.78, 5) is 29.2. The Morgan fingerprint density at radius 1 is 1.07 bits per heavy atom. The van der Waals surface area contributed by atoms with Gasteiger partial charge < -0.3 is 19.6 Å². The molecule has 2 aromatic carbocycles. The van der Waals surface area contributed by atoms with Crippen LogP contribution in [-0.4, -0.2) is 40.1 Å². The van der Waals surface area contributed by atoms with Gasteiger partial charge in [-0.25, -0.2) is 0 Å². The molecule has 1 N–H and O–H groups in total. The van der Waals surface area contributed by atoms with E-state index in [1.807, 2.05) is 42.2 Å². The second-order valence-electron chi connectivity index (χ2n) is 6.61. The number of hydrogen-bond donors (Lipinski definition) is 1. The van der Waals surface area contributed by atoms with Crippen molar-refractivity contribution in [3.63, 3.8) is 0 Å². The number of hydrogen-bond acceptors (Lipinski definition) is 5. The maximum Gasteiger partial charge on any atom is 0.323 e. The van der Waals surface area contributed by atoms with Crippen LogP contribution in [0.3, 0.4) is 0 Å². The molecule has 152 valence electrons. The van der Waals surface area contributed by atoms with Crippen molar-refractivity contribution in [2.24, 2.45) is 0 Å². The molecule has 30 heavy (non-hydrogen) atoms. The number of rotatable bonds is 5. The number of thiocarbonyl (C=S) groups is 1. The number of anilines is 2. The number of fused-ring (bicyclic) bond motifs is 1. The first-order chi connectivity index (χ1) is 14.5. The van der Waals surface area contributed by atoms with Gasteiger partial charge >= 0.3 is 5.97 Å². The summed E-state index contributed by atoms with van der Waals surface area (Å²) in [6.07, 6.45) is 3.23. The molecular weight excluding hydrogens is 402 g/mol. The summed E-state index contributed by atoms with van der Waals surface area (Å²) in [5.41, 5.74) is 1.69. The zero-order valence-electron chi connectivity index (χ0n) is 16.2. The molecule has 1 fully saturated rings. The second-order valence-corrected chi connectivity index (χ2v) is 6.97. The predicted molar refractivity (Wildman–Crippen MR) is 117 cm³/mol. The maximum absolute atomic E-state index is 13.1. The van der Waals surface area contributed by atoms with E-state index in [1.54, 1.807) is 36.4 Å². The lowest BCUT2D eigenvalue weighted by Gasteiger charge is -2.18. The van der Waals surface area contributed by atoms with Crippen LogP contribution in [0.2, 0.25) is 0 Å². The van der Waals surface area contributed by atoms with Crippen LogP contribution in [0.15, 0.2) is 78.3 Å². The molecule has 2 aliphatic heterocycles. The summed E-state index contributed by atoms with van der Waals surface area (Å²) in [5.74, 6) is -0.190. The molecule has 0 bridgehead atoms. The molecule has 1 saturated heterocycles. The first kappa shape index (κ1) is 19.7. The lowest BCUT2D eigenvalue weighted by Crippen LogP contribution is -2.35. The monoisotopic (exact) mass is 421 g/mol. The van der Waals surface area contributed by atoms with E-state index in [2.05, 4.69) is 0 Å². The Balaban J connectivity index is 1.71. The molecule has 8 heteroatoms. The summed E-state index contributed by atoms with van der Waals surface area (Å²) in [7, 11) is 0. The van der Waals surface area contributed by atoms with Crippen LogP contribution in [0.25, 0.3) is 0 Å². The largest absolute Gasteiger partial charge is 0.480 e. The van der Waals surface area contributed by atoms with E-state index >= 15 is 0 Å². The summed E-state index contributed by atoms with van der Waals surface area (Å²) >= 11 is 5.43. The van der Waals surface area contributed by atoms with Crippen LogP contribution in [0, 0.1) is 0 Å². The standard InChI is InChI=1S/C22H19N3O4S/c1-2-23-16-10-6-7-11-18(16)29-19(23)13-12-17-21(28)25(15-8-4-3-5-9-15)22(30)24(17)14-20(26)27/h3-13H,2,14H2,1H3,(H,26,27)/b17-12+,19-13+. The molecular formula is C22H19N3O4S. The third kappa shape index (κ3) is 3.42. The first-order valence-electron chi connectivity index (χ1n) is 9.40. The number of allylic oxidation sites excluding steroid dienone is 2. The maximum atomic E-state index is 13.1. The number of nitrogens with zero attached hydrogens (tertiary/aromatic N) is 3. The minimum Gasteiger partial charge on any atom is -0.480 e. The van der Waals surface area contributed by atoms with Crippen molar-refractivity contribution in [3.8, 4) is 5.75 Å². The van der Waals surface area contributed by atoms with Crippen LogP contribution in [0.1, 0.15) is 6.92 Å². The fraction of sp³-hybridized carbons (Fsp3) is 0.136. The highest BCUT2D eigenvalue weighted by atomic mass is 32.1. The Bertz CT molecular complexity index is 1080. The van der Waals surface area contributed by atoms with Crippen LogP contribution in [0.5, 0.6) is 5.75 Å². The smallest absolute Gasteiger partial charge is 0.323 e. The van der Waals surface area contributed by atoms with Crippen molar-refractivity contribution in [2.75, 3.05) is 22.9 Å². The Hall–Kier alpha value is -3.65. The molecule has 0 atom stereocenters. The van der Waals surface area contributed by atoms with Gasteiger partial charge in [-0.05, 0) is 49.5 Å². The SMILES string of the molecule is CCN1/C(=C\C=C2/C(=O)N(c3ccccc3)C(=S)N2CC(=O)O)Oc2ccccc21. The second kappa shape index (κ2) is 8.00. The van der Waals surface area contributed by atoms with Gasteiger partial charge in [0.25, 0.3) is 5.91 Å². The summed E-state index contributed by atoms with van der Waals surface area (Å²) < 4.78 is 5.91. The van der Waals surface area contributed by atoms with Crippen molar-refractivity contribution in [1.29, 1.82) is 0 Å². The highest BCUT2D eigenvalue weighted by Crippen LogP contribution is 2.38. The molecule has 2 heterocycles. The molecule has 0 aliphatic carbocycles. The van der Waals surface area contributed by atoms with Gasteiger partial charge in [0.2, 0.25) is 5.88 Å². The van der Waals surface area contributed by atoms with Gasteiger partial charge in [-0.2, -0.15) is 0 Å². The van der Waals surface area contributed by atoms with Crippen molar-refractivity contribution in [1.82, 2.24) is 4.90 Å². The van der Waals surface area contributed by atoms with Gasteiger partial charge in [0.05, 0.1) is 11.4 Å². The Morgan fingerprint density at radius 2 is 1.77 bits per heavy atom. The third-order valence-corrected chi connectivity index (χ3v) is 5.18. The fourth-order valence-electron chi connectivity index (χ4n) is 3.45. The molecule has 2 aliphatic rings. The molecule has 4 rings (SSSR count). The highest BCUT2D eigenvalue weighted by molar-refractivity contribution is 7.80. The Labute approximate surface area is 179 Å². The molecule has 7 nitrogen and oxygen atoms in total. The van der Waals surface area contributed by atoms with E-state index in [-0.39, 0.29) is 16.7 Å². The lowest BCUT2D eigenvalue weighted by atomic mass is 10.2. The molecule has 0 saturated carbocycles. The number of ether oxygens (including phenoxy) is 1. The first-order valence-corrected chi connectivity index (χ1v) is 9.81. The van der Waals surface area contributed by atoms with Crippen molar-refractivity contribution in [3.05, 3.63) is 78.3 Å². The number of carboxylic acids is 1. The van der Waals surface area contributed by atoms with E-state index < -0.39 is 12.5 Å². The molecule has 0 radical (unpaired) electrons. The number of benzene rings is 2. The molecule has 0 spiro atoms. The van der Waals surface area contributed by atoms with Crippen molar-refractivity contribution >= 4 is 40.6 Å². The normalized spacial score (nSPS) is 18.4. The van der Waals surface area contributed by atoms with Gasteiger partial charge in [-0.3, -0.25) is 14.5 Å².